The summed E-state index contributed by atoms with van der Waals surface area (Å²) in [4.78, 5) is 55.0. The molecule has 37 heavy (non-hydrogen) atoms. The molecule has 0 spiro atoms. The summed E-state index contributed by atoms with van der Waals surface area (Å²) in [5.41, 5.74) is -1.29. The van der Waals surface area contributed by atoms with Gasteiger partial charge in [0.25, 0.3) is 11.8 Å². The van der Waals surface area contributed by atoms with Gasteiger partial charge < -0.3 is 29.0 Å². The van der Waals surface area contributed by atoms with Crippen LogP contribution in [0.2, 0.25) is 0 Å². The van der Waals surface area contributed by atoms with Crippen molar-refractivity contribution < 1.29 is 37.4 Å². The number of carbonyl (C=O) groups excluding carboxylic acids is 3. The van der Waals surface area contributed by atoms with Crippen molar-refractivity contribution in [2.24, 2.45) is 0 Å². The number of pyridine rings is 1. The Morgan fingerprint density at radius 1 is 1.19 bits per heavy atom. The summed E-state index contributed by atoms with van der Waals surface area (Å²) >= 11 is 0. The molecule has 3 aliphatic heterocycles. The first-order valence-electron chi connectivity index (χ1n) is 11.7. The predicted octanol–water partition coefficient (Wildman–Crippen LogP) is 1.44. The van der Waals surface area contributed by atoms with Crippen LogP contribution in [0.25, 0.3) is 0 Å². The van der Waals surface area contributed by atoms with Crippen LogP contribution in [0.15, 0.2) is 29.2 Å². The van der Waals surface area contributed by atoms with Gasteiger partial charge in [0.1, 0.15) is 23.4 Å². The molecule has 3 aliphatic rings. The molecule has 2 saturated heterocycles. The summed E-state index contributed by atoms with van der Waals surface area (Å²) in [6.45, 7) is 0.604. The Morgan fingerprint density at radius 2 is 2.00 bits per heavy atom. The van der Waals surface area contributed by atoms with Crippen LogP contribution >= 0.6 is 0 Å². The van der Waals surface area contributed by atoms with E-state index in [1.807, 2.05) is 0 Å². The number of nitrogens with zero attached hydrogens (tertiary/aromatic N) is 3. The molecular weight excluding hydrogens is 494 g/mol. The van der Waals surface area contributed by atoms with E-state index in [-0.39, 0.29) is 35.6 Å². The molecule has 11 nitrogen and oxygen atoms in total. The number of hydrogen-bond donors (Lipinski definition) is 1. The lowest BCUT2D eigenvalue weighted by atomic mass is 10.1. The standard InChI is InChI=1S/C24H24F2N4O7/c1-35-24(34)37-12-36-21-19-23(33)30-9-15-3-2-6-29(15)18(30)11-28(19)10-16(20(21)31)22(32)27-8-13-4-5-14(25)7-17(13)26/h4-5,7,10,15,18H,2-3,6,8-9,11-12H2,1H3,(H,27,32). The number of benzene rings is 1. The number of methoxy groups -OCH3 is 1. The Morgan fingerprint density at radius 3 is 2.76 bits per heavy atom. The van der Waals surface area contributed by atoms with Crippen molar-refractivity contribution in [3.8, 4) is 5.75 Å². The van der Waals surface area contributed by atoms with Crippen molar-refractivity contribution in [2.45, 2.75) is 38.1 Å². The van der Waals surface area contributed by atoms with Crippen molar-refractivity contribution in [1.82, 2.24) is 19.7 Å². The minimum absolute atomic E-state index is 0.0209. The predicted molar refractivity (Wildman–Crippen MR) is 122 cm³/mol. The zero-order valence-electron chi connectivity index (χ0n) is 19.9. The first kappa shape index (κ1) is 24.7. The lowest BCUT2D eigenvalue weighted by Crippen LogP contribution is -2.50. The van der Waals surface area contributed by atoms with Crippen LogP contribution in [0.3, 0.4) is 0 Å². The van der Waals surface area contributed by atoms with Gasteiger partial charge in [-0.2, -0.15) is 0 Å². The molecule has 2 amide bonds. The van der Waals surface area contributed by atoms with Gasteiger partial charge in [-0.1, -0.05) is 6.07 Å². The molecule has 1 aromatic heterocycles. The maximum Gasteiger partial charge on any atom is 0.510 e. The monoisotopic (exact) mass is 518 g/mol. The maximum absolute atomic E-state index is 14.0. The van der Waals surface area contributed by atoms with E-state index >= 15 is 0 Å². The second-order valence-corrected chi connectivity index (χ2v) is 8.95. The van der Waals surface area contributed by atoms with Crippen molar-refractivity contribution in [3.05, 3.63) is 63.1 Å². The second kappa shape index (κ2) is 9.81. The molecule has 4 heterocycles. The first-order chi connectivity index (χ1) is 17.8. The largest absolute Gasteiger partial charge is 0.510 e. The molecule has 1 N–H and O–H groups in total. The van der Waals surface area contributed by atoms with Gasteiger partial charge in [0.05, 0.1) is 13.7 Å². The fraction of sp³-hybridized carbons (Fsp3) is 0.417. The fourth-order valence-corrected chi connectivity index (χ4v) is 5.14. The van der Waals surface area contributed by atoms with Crippen molar-refractivity contribution in [3.63, 3.8) is 0 Å². The highest BCUT2D eigenvalue weighted by atomic mass is 19.1. The van der Waals surface area contributed by atoms with Crippen molar-refractivity contribution in [1.29, 1.82) is 0 Å². The van der Waals surface area contributed by atoms with E-state index in [9.17, 15) is 28.0 Å². The van der Waals surface area contributed by atoms with Gasteiger partial charge in [-0.25, -0.2) is 13.6 Å². The Balaban J connectivity index is 1.47. The van der Waals surface area contributed by atoms with Gasteiger partial charge >= 0.3 is 6.16 Å². The van der Waals surface area contributed by atoms with E-state index in [4.69, 9.17) is 9.47 Å². The van der Waals surface area contributed by atoms with E-state index < -0.39 is 47.6 Å². The molecule has 0 aliphatic carbocycles. The minimum atomic E-state index is -1.06. The topological polar surface area (TPSA) is 119 Å². The summed E-state index contributed by atoms with van der Waals surface area (Å²) in [7, 11) is 1.09. The number of fused-ring (bicyclic) bond motifs is 4. The Kier molecular flexibility index (Phi) is 6.54. The maximum atomic E-state index is 14.0. The molecule has 1 aromatic carbocycles. The number of nitrogens with one attached hydrogen (secondary N) is 1. The van der Waals surface area contributed by atoms with Crippen LogP contribution in [0.4, 0.5) is 13.6 Å². The summed E-state index contributed by atoms with van der Waals surface area (Å²) in [6, 6.07) is 3.14. The third-order valence-electron chi connectivity index (χ3n) is 6.88. The molecule has 0 bridgehead atoms. The lowest BCUT2D eigenvalue weighted by molar-refractivity contribution is 0.0128. The summed E-state index contributed by atoms with van der Waals surface area (Å²) in [6.07, 6.45) is 1.96. The van der Waals surface area contributed by atoms with Gasteiger partial charge in [-0.05, 0) is 18.9 Å². The van der Waals surface area contributed by atoms with Gasteiger partial charge in [0.15, 0.2) is 5.69 Å². The van der Waals surface area contributed by atoms with E-state index in [1.165, 1.54) is 16.8 Å². The molecule has 2 atom stereocenters. The summed E-state index contributed by atoms with van der Waals surface area (Å²) < 4.78 is 43.2. The molecule has 2 fully saturated rings. The number of hydrogen-bond acceptors (Lipinski definition) is 8. The van der Waals surface area contributed by atoms with E-state index in [1.54, 1.807) is 4.90 Å². The third kappa shape index (κ3) is 4.50. The molecule has 0 radical (unpaired) electrons. The SMILES string of the molecule is COC(=O)OCOc1c2n(cc(C(=O)NCc3ccc(F)cc3F)c1=O)CC1N(CC3CCCN31)C2=O. The lowest BCUT2D eigenvalue weighted by Gasteiger charge is -2.36. The molecule has 196 valence electrons. The third-order valence-corrected chi connectivity index (χ3v) is 6.88. The number of rotatable bonds is 6. The molecule has 5 rings (SSSR count). The Labute approximate surface area is 209 Å². The zero-order valence-corrected chi connectivity index (χ0v) is 19.9. The fourth-order valence-electron chi connectivity index (χ4n) is 5.14. The molecule has 2 unspecified atom stereocenters. The molecule has 2 aromatic rings. The average molecular weight is 518 g/mol. The summed E-state index contributed by atoms with van der Waals surface area (Å²) in [5.74, 6) is -3.33. The van der Waals surface area contributed by atoms with Crippen LogP contribution in [-0.2, 0) is 22.6 Å². The van der Waals surface area contributed by atoms with Gasteiger partial charge in [0.2, 0.25) is 18.0 Å². The number of amides is 2. The van der Waals surface area contributed by atoms with Crippen LogP contribution in [-0.4, -0.2) is 71.5 Å². The molecular formula is C24H24F2N4O7. The normalized spacial score (nSPS) is 20.2. The first-order valence-corrected chi connectivity index (χ1v) is 11.7. The van der Waals surface area contributed by atoms with Crippen molar-refractivity contribution in [2.75, 3.05) is 27.0 Å². The quantitative estimate of drug-likeness (QED) is 0.451. The molecule has 13 heteroatoms. The minimum Gasteiger partial charge on any atom is -0.451 e. The zero-order chi connectivity index (χ0) is 26.3. The number of aromatic nitrogens is 1. The highest BCUT2D eigenvalue weighted by Crippen LogP contribution is 2.35. The van der Waals surface area contributed by atoms with E-state index in [2.05, 4.69) is 15.0 Å². The van der Waals surface area contributed by atoms with Crippen LogP contribution < -0.4 is 15.5 Å². The van der Waals surface area contributed by atoms with Crippen LogP contribution in [0.5, 0.6) is 5.75 Å². The second-order valence-electron chi connectivity index (χ2n) is 8.95. The van der Waals surface area contributed by atoms with Crippen molar-refractivity contribution >= 4 is 18.0 Å². The van der Waals surface area contributed by atoms with Gasteiger partial charge in [-0.15, -0.1) is 0 Å². The Bertz CT molecular complexity index is 1330. The number of halogens is 2. The van der Waals surface area contributed by atoms with Crippen LogP contribution in [0.1, 0.15) is 39.3 Å². The average Bonchev–Trinajstić information content (AvgIpc) is 3.47. The molecule has 0 saturated carbocycles. The smallest absolute Gasteiger partial charge is 0.451 e. The highest BCUT2D eigenvalue weighted by molar-refractivity contribution is 5.99. The van der Waals surface area contributed by atoms with Gasteiger partial charge in [0, 0.05) is 43.5 Å². The number of carbonyl (C=O) groups is 3. The summed E-state index contributed by atoms with van der Waals surface area (Å²) in [5, 5.41) is 2.45. The van der Waals surface area contributed by atoms with Gasteiger partial charge in [-0.3, -0.25) is 19.3 Å². The van der Waals surface area contributed by atoms with E-state index in [0.717, 1.165) is 32.6 Å². The number of ether oxygens (including phenoxy) is 3. The van der Waals surface area contributed by atoms with Crippen LogP contribution in [0, 0.1) is 11.6 Å². The van der Waals surface area contributed by atoms with E-state index in [0.29, 0.717) is 19.2 Å². The highest BCUT2D eigenvalue weighted by Gasteiger charge is 2.48. The Hall–Kier alpha value is -4.00.